The lowest BCUT2D eigenvalue weighted by molar-refractivity contribution is -0.119. The molecule has 4 unspecified atom stereocenters. The van der Waals surface area contributed by atoms with Crippen LogP contribution in [0.25, 0.3) is 0 Å². The van der Waals surface area contributed by atoms with E-state index in [1.165, 1.54) is 0 Å². The molecule has 2 rings (SSSR count). The van der Waals surface area contributed by atoms with Gasteiger partial charge in [0.1, 0.15) is 0 Å². The van der Waals surface area contributed by atoms with E-state index in [1.807, 2.05) is 0 Å². The second kappa shape index (κ2) is 7.64. The van der Waals surface area contributed by atoms with E-state index in [0.717, 1.165) is 44.9 Å². The van der Waals surface area contributed by atoms with Crippen LogP contribution in [0, 0.1) is 11.3 Å². The minimum atomic E-state index is -0.189. The molecule has 5 nitrogen and oxygen atoms in total. The van der Waals surface area contributed by atoms with Gasteiger partial charge in [0.15, 0.2) is 0 Å². The summed E-state index contributed by atoms with van der Waals surface area (Å²) in [6.07, 6.45) is 6.86. The number of aliphatic hydroxyl groups is 1. The number of methoxy groups -OCH3 is 1. The topological polar surface area (TPSA) is 70.6 Å². The van der Waals surface area contributed by atoms with Crippen molar-refractivity contribution in [2.45, 2.75) is 77.0 Å². The number of ether oxygens (including phenoxy) is 1. The molecule has 0 heterocycles. The lowest BCUT2D eigenvalue weighted by Crippen LogP contribution is -2.65. The predicted octanol–water partition coefficient (Wildman–Crippen LogP) is 2.43. The normalized spacial score (nSPS) is 33.8. The first-order valence-electron chi connectivity index (χ1n) is 8.80. The highest BCUT2D eigenvalue weighted by Gasteiger charge is 2.53. The second-order valence-corrected chi connectivity index (χ2v) is 6.99. The Hall–Kier alpha value is -0.810. The van der Waals surface area contributed by atoms with Gasteiger partial charge in [-0.2, -0.15) is 0 Å². The van der Waals surface area contributed by atoms with Crippen LogP contribution in [0.3, 0.4) is 0 Å². The molecular weight excluding hydrogens is 280 g/mol. The Morgan fingerprint density at radius 3 is 2.59 bits per heavy atom. The van der Waals surface area contributed by atoms with Gasteiger partial charge in [0.05, 0.1) is 12.2 Å². The van der Waals surface area contributed by atoms with Crippen molar-refractivity contribution in [3.05, 3.63) is 0 Å². The maximum atomic E-state index is 12.2. The molecule has 2 amide bonds. The third kappa shape index (κ3) is 3.57. The van der Waals surface area contributed by atoms with Gasteiger partial charge in [-0.25, -0.2) is 4.79 Å². The molecule has 0 spiro atoms. The van der Waals surface area contributed by atoms with Crippen LogP contribution >= 0.6 is 0 Å². The van der Waals surface area contributed by atoms with Gasteiger partial charge < -0.3 is 20.5 Å². The first-order chi connectivity index (χ1) is 10.6. The fourth-order valence-electron chi connectivity index (χ4n) is 4.37. The fraction of sp³-hybridized carbons (Fsp3) is 0.941. The van der Waals surface area contributed by atoms with Gasteiger partial charge in [-0.1, -0.05) is 20.3 Å². The van der Waals surface area contributed by atoms with E-state index < -0.39 is 0 Å². The van der Waals surface area contributed by atoms with Crippen molar-refractivity contribution in [2.24, 2.45) is 11.3 Å². The third-order valence-electron chi connectivity index (χ3n) is 6.00. The minimum absolute atomic E-state index is 0.0765. The summed E-state index contributed by atoms with van der Waals surface area (Å²) in [4.78, 5) is 12.2. The van der Waals surface area contributed by atoms with Gasteiger partial charge in [0, 0.05) is 25.1 Å². The molecule has 4 atom stereocenters. The van der Waals surface area contributed by atoms with Crippen molar-refractivity contribution in [2.75, 3.05) is 13.7 Å². The van der Waals surface area contributed by atoms with Gasteiger partial charge in [-0.15, -0.1) is 0 Å². The number of amides is 2. The first kappa shape index (κ1) is 17.5. The highest BCUT2D eigenvalue weighted by Crippen LogP contribution is 2.48. The van der Waals surface area contributed by atoms with Gasteiger partial charge in [0.25, 0.3) is 0 Å². The maximum absolute atomic E-state index is 12.2. The summed E-state index contributed by atoms with van der Waals surface area (Å²) >= 11 is 0. The Morgan fingerprint density at radius 2 is 2.00 bits per heavy atom. The molecule has 0 radical (unpaired) electrons. The molecule has 2 aliphatic rings. The van der Waals surface area contributed by atoms with E-state index >= 15 is 0 Å². The van der Waals surface area contributed by atoms with E-state index in [4.69, 9.17) is 4.74 Å². The number of aliphatic hydroxyl groups excluding tert-OH is 1. The second-order valence-electron chi connectivity index (χ2n) is 6.99. The van der Waals surface area contributed by atoms with E-state index in [0.29, 0.717) is 12.5 Å². The summed E-state index contributed by atoms with van der Waals surface area (Å²) in [6, 6.07) is 0.121. The number of carbonyl (C=O) groups is 1. The molecule has 0 aromatic carbocycles. The quantitative estimate of drug-likeness (QED) is 0.705. The van der Waals surface area contributed by atoms with Crippen LogP contribution in [0.15, 0.2) is 0 Å². The number of urea groups is 1. The predicted molar refractivity (Wildman–Crippen MR) is 86.7 cm³/mol. The zero-order valence-electron chi connectivity index (χ0n) is 14.2. The first-order valence-corrected chi connectivity index (χ1v) is 8.80. The SMILES string of the molecule is CCC1(CC)C(NC(=O)NCC2CCCC(O)C2)CC1OC. The lowest BCUT2D eigenvalue weighted by atomic mass is 9.58. The van der Waals surface area contributed by atoms with Crippen LogP contribution in [0.1, 0.15) is 58.8 Å². The number of carbonyl (C=O) groups excluding carboxylic acids is 1. The van der Waals surface area contributed by atoms with Crippen molar-refractivity contribution >= 4 is 6.03 Å². The van der Waals surface area contributed by atoms with Crippen molar-refractivity contribution in [3.63, 3.8) is 0 Å². The smallest absolute Gasteiger partial charge is 0.315 e. The van der Waals surface area contributed by atoms with Crippen LogP contribution in [-0.4, -0.2) is 43.0 Å². The fourth-order valence-corrected chi connectivity index (χ4v) is 4.37. The summed E-state index contributed by atoms with van der Waals surface area (Å²) in [5.41, 5.74) is 0.0765. The Morgan fingerprint density at radius 1 is 1.27 bits per heavy atom. The van der Waals surface area contributed by atoms with Crippen LogP contribution in [0.4, 0.5) is 4.79 Å². The summed E-state index contributed by atoms with van der Waals surface area (Å²) in [7, 11) is 1.76. The number of hydrogen-bond acceptors (Lipinski definition) is 3. The molecule has 5 heteroatoms. The van der Waals surface area contributed by atoms with E-state index in [2.05, 4.69) is 24.5 Å². The standard InChI is InChI=1S/C17H32N2O3/c1-4-17(5-2)14(10-15(17)22-3)19-16(21)18-11-12-7-6-8-13(20)9-12/h12-15,20H,4-11H2,1-3H3,(H2,18,19,21). The molecule has 0 aromatic rings. The maximum Gasteiger partial charge on any atom is 0.315 e. The molecule has 3 N–H and O–H groups in total. The molecule has 0 saturated heterocycles. The monoisotopic (exact) mass is 312 g/mol. The summed E-state index contributed by atoms with van der Waals surface area (Å²) < 4.78 is 5.56. The van der Waals surface area contributed by atoms with E-state index in [-0.39, 0.29) is 29.7 Å². The molecule has 0 aromatic heterocycles. The summed E-state index contributed by atoms with van der Waals surface area (Å²) in [5, 5.41) is 15.8. The summed E-state index contributed by atoms with van der Waals surface area (Å²) in [5.74, 6) is 0.407. The largest absolute Gasteiger partial charge is 0.393 e. The molecule has 128 valence electrons. The van der Waals surface area contributed by atoms with E-state index in [1.54, 1.807) is 7.11 Å². The van der Waals surface area contributed by atoms with Gasteiger partial charge >= 0.3 is 6.03 Å². The van der Waals surface area contributed by atoms with Crippen molar-refractivity contribution in [1.29, 1.82) is 0 Å². The molecule has 0 aliphatic heterocycles. The average molecular weight is 312 g/mol. The Labute approximate surface area is 134 Å². The van der Waals surface area contributed by atoms with Crippen LogP contribution in [0.5, 0.6) is 0 Å². The van der Waals surface area contributed by atoms with Gasteiger partial charge in [-0.05, 0) is 44.4 Å². The van der Waals surface area contributed by atoms with Crippen molar-refractivity contribution in [1.82, 2.24) is 10.6 Å². The van der Waals surface area contributed by atoms with Gasteiger partial charge in [-0.3, -0.25) is 0 Å². The highest BCUT2D eigenvalue weighted by atomic mass is 16.5. The number of rotatable bonds is 6. The van der Waals surface area contributed by atoms with Crippen molar-refractivity contribution in [3.8, 4) is 0 Å². The molecule has 2 aliphatic carbocycles. The Kier molecular flexibility index (Phi) is 6.09. The lowest BCUT2D eigenvalue weighted by Gasteiger charge is -2.55. The molecule has 22 heavy (non-hydrogen) atoms. The summed E-state index contributed by atoms with van der Waals surface area (Å²) in [6.45, 7) is 5.00. The average Bonchev–Trinajstić information content (AvgIpc) is 2.50. The molecule has 2 fully saturated rings. The third-order valence-corrected chi connectivity index (χ3v) is 6.00. The highest BCUT2D eigenvalue weighted by molar-refractivity contribution is 5.74. The van der Waals surface area contributed by atoms with Crippen LogP contribution < -0.4 is 10.6 Å². The zero-order chi connectivity index (χ0) is 16.2. The zero-order valence-corrected chi connectivity index (χ0v) is 14.2. The van der Waals surface area contributed by atoms with Gasteiger partial charge in [0.2, 0.25) is 0 Å². The Balaban J connectivity index is 1.77. The minimum Gasteiger partial charge on any atom is -0.393 e. The molecular formula is C17H32N2O3. The number of hydrogen-bond donors (Lipinski definition) is 3. The van der Waals surface area contributed by atoms with Crippen LogP contribution in [-0.2, 0) is 4.74 Å². The molecule has 0 bridgehead atoms. The van der Waals surface area contributed by atoms with E-state index in [9.17, 15) is 9.90 Å². The van der Waals surface area contributed by atoms with Crippen LogP contribution in [0.2, 0.25) is 0 Å². The Bertz CT molecular complexity index is 371. The number of nitrogens with one attached hydrogen (secondary N) is 2. The van der Waals surface area contributed by atoms with Crippen molar-refractivity contribution < 1.29 is 14.6 Å². The molecule has 2 saturated carbocycles.